The number of carbonyl (C=O) groups is 1. The third kappa shape index (κ3) is 0.845. The lowest BCUT2D eigenvalue weighted by molar-refractivity contribution is 0.0690. The molecule has 0 radical (unpaired) electrons. The van der Waals surface area contributed by atoms with E-state index in [-0.39, 0.29) is 5.69 Å². The normalized spacial score (nSPS) is 10.0. The minimum absolute atomic E-state index is 0.0895. The van der Waals surface area contributed by atoms with Gasteiger partial charge >= 0.3 is 5.97 Å². The van der Waals surface area contributed by atoms with Crippen molar-refractivity contribution < 1.29 is 9.90 Å². The highest BCUT2D eigenvalue weighted by Gasteiger charge is 2.01. The predicted octanol–water partition coefficient (Wildman–Crippen LogP) is 0.688. The maximum absolute atomic E-state index is 10.00. The van der Waals surface area contributed by atoms with Crippen LogP contribution in [-0.2, 0) is 0 Å². The van der Waals surface area contributed by atoms with E-state index in [4.69, 9.17) is 5.11 Å². The summed E-state index contributed by atoms with van der Waals surface area (Å²) < 4.78 is 0. The molecule has 1 rings (SSSR count). The lowest BCUT2D eigenvalue weighted by Crippen LogP contribution is -1.95. The van der Waals surface area contributed by atoms with E-state index in [0.717, 1.165) is 8.35 Å². The molecule has 0 aliphatic carbocycles. The molecule has 0 bridgehead atoms. The van der Waals surface area contributed by atoms with Crippen molar-refractivity contribution in [3.05, 3.63) is 11.5 Å². The fourth-order valence-corrected chi connectivity index (χ4v) is 0.818. The van der Waals surface area contributed by atoms with E-state index < -0.39 is 5.97 Å². The molecule has 0 aromatic carbocycles. The standard InChI is InChI=1S/C3H3N2O2P/c6-3(7)2-1-8-5-4-2/h1H,(H,4,5)(H,6,7). The van der Waals surface area contributed by atoms with Crippen LogP contribution in [-0.4, -0.2) is 21.0 Å². The molecule has 1 heterocycles. The van der Waals surface area contributed by atoms with Crippen LogP contribution < -0.4 is 0 Å². The van der Waals surface area contributed by atoms with Crippen LogP contribution in [0.4, 0.5) is 0 Å². The van der Waals surface area contributed by atoms with Gasteiger partial charge in [-0.25, -0.2) is 4.79 Å². The number of hydrogen-bond donors (Lipinski definition) is 2. The summed E-state index contributed by atoms with van der Waals surface area (Å²) in [5.41, 5.74) is 0.0895. The summed E-state index contributed by atoms with van der Waals surface area (Å²) in [6.07, 6.45) is 0. The number of rotatable bonds is 1. The lowest BCUT2D eigenvalue weighted by atomic mass is 10.5. The van der Waals surface area contributed by atoms with Gasteiger partial charge < -0.3 is 5.11 Å². The van der Waals surface area contributed by atoms with Gasteiger partial charge in [-0.05, 0) is 0 Å². The molecule has 0 aliphatic rings. The Balaban J connectivity index is 2.93. The minimum Gasteiger partial charge on any atom is -0.476 e. The zero-order chi connectivity index (χ0) is 5.98. The molecule has 42 valence electrons. The van der Waals surface area contributed by atoms with Gasteiger partial charge in [-0.3, -0.25) is 4.86 Å². The summed E-state index contributed by atoms with van der Waals surface area (Å²) in [4.78, 5) is 12.5. The van der Waals surface area contributed by atoms with E-state index in [1.165, 1.54) is 5.80 Å². The second-order valence-corrected chi connectivity index (χ2v) is 1.88. The van der Waals surface area contributed by atoms with E-state index in [2.05, 4.69) is 9.96 Å². The second kappa shape index (κ2) is 1.92. The first-order valence-corrected chi connectivity index (χ1v) is 2.86. The van der Waals surface area contributed by atoms with Crippen LogP contribution >= 0.6 is 8.35 Å². The Bertz CT molecular complexity index is 183. The molecule has 1 aromatic heterocycles. The zero-order valence-corrected chi connectivity index (χ0v) is 4.72. The van der Waals surface area contributed by atoms with E-state index >= 15 is 0 Å². The Kier molecular flexibility index (Phi) is 1.26. The van der Waals surface area contributed by atoms with Crippen molar-refractivity contribution in [2.45, 2.75) is 0 Å². The van der Waals surface area contributed by atoms with Gasteiger partial charge in [0.15, 0.2) is 5.69 Å². The van der Waals surface area contributed by atoms with E-state index in [1.54, 1.807) is 0 Å². The quantitative estimate of drug-likeness (QED) is 0.587. The molecule has 2 N–H and O–H groups in total. The molecule has 8 heavy (non-hydrogen) atoms. The maximum Gasteiger partial charge on any atom is 0.356 e. The summed E-state index contributed by atoms with van der Waals surface area (Å²) in [7, 11) is 0.737. The third-order valence-electron chi connectivity index (χ3n) is 0.634. The summed E-state index contributed by atoms with van der Waals surface area (Å²) in [6, 6.07) is 0. The van der Waals surface area contributed by atoms with E-state index in [1.807, 2.05) is 0 Å². The second-order valence-electron chi connectivity index (χ2n) is 1.16. The minimum atomic E-state index is -0.984. The summed E-state index contributed by atoms with van der Waals surface area (Å²) in [5, 5.41) is 11.6. The van der Waals surface area contributed by atoms with E-state index in [9.17, 15) is 4.79 Å². The molecule has 0 saturated carbocycles. The Hall–Kier alpha value is -0.890. The Morgan fingerprint density at radius 1 is 2.00 bits per heavy atom. The molecule has 0 fully saturated rings. The average Bonchev–Trinajstić information content (AvgIpc) is 2.12. The highest BCUT2D eigenvalue weighted by molar-refractivity contribution is 7.24. The topological polar surface area (TPSA) is 66.0 Å². The van der Waals surface area contributed by atoms with Crippen LogP contribution in [0.2, 0.25) is 0 Å². The van der Waals surface area contributed by atoms with E-state index in [0.29, 0.717) is 0 Å². The maximum atomic E-state index is 10.00. The molecule has 4 nitrogen and oxygen atoms in total. The van der Waals surface area contributed by atoms with Gasteiger partial charge in [-0.2, -0.15) is 5.10 Å². The highest BCUT2D eigenvalue weighted by Crippen LogP contribution is 2.00. The highest BCUT2D eigenvalue weighted by atomic mass is 31.0. The van der Waals surface area contributed by atoms with Crippen molar-refractivity contribution in [2.75, 3.05) is 0 Å². The van der Waals surface area contributed by atoms with Crippen LogP contribution in [0.3, 0.4) is 0 Å². The largest absolute Gasteiger partial charge is 0.476 e. The molecule has 5 heteroatoms. The molecular weight excluding hydrogens is 127 g/mol. The number of aromatic nitrogens is 2. The van der Waals surface area contributed by atoms with Gasteiger partial charge in [-0.15, -0.1) is 0 Å². The lowest BCUT2D eigenvalue weighted by Gasteiger charge is -1.76. The van der Waals surface area contributed by atoms with Crippen LogP contribution in [0.5, 0.6) is 0 Å². The number of carboxylic acids is 1. The smallest absolute Gasteiger partial charge is 0.356 e. The summed E-state index contributed by atoms with van der Waals surface area (Å²) >= 11 is 0. The molecule has 0 atom stereocenters. The Morgan fingerprint density at radius 3 is 3.00 bits per heavy atom. The SMILES string of the molecule is O=C(O)c1cp[nH]n1. The van der Waals surface area contributed by atoms with Crippen LogP contribution in [0, 0.1) is 0 Å². The molecular formula is C3H3N2O2P. The molecule has 0 unspecified atom stereocenters. The summed E-state index contributed by atoms with van der Waals surface area (Å²) in [5.74, 6) is 0.505. The van der Waals surface area contributed by atoms with Crippen molar-refractivity contribution >= 4 is 14.3 Å². The first-order chi connectivity index (χ1) is 3.80. The molecule has 0 saturated heterocycles. The van der Waals surface area contributed by atoms with Crippen molar-refractivity contribution in [1.29, 1.82) is 0 Å². The first kappa shape index (κ1) is 5.25. The molecule has 0 spiro atoms. The van der Waals surface area contributed by atoms with Crippen molar-refractivity contribution in [3.63, 3.8) is 0 Å². The summed E-state index contributed by atoms with van der Waals surface area (Å²) in [6.45, 7) is 0. The monoisotopic (exact) mass is 130 g/mol. The van der Waals surface area contributed by atoms with Crippen molar-refractivity contribution in [2.24, 2.45) is 0 Å². The molecule has 0 aliphatic heterocycles. The number of hydrogen-bond acceptors (Lipinski definition) is 2. The van der Waals surface area contributed by atoms with Crippen molar-refractivity contribution in [1.82, 2.24) is 9.96 Å². The number of aromatic amines is 1. The molecule has 1 aromatic rings. The number of aromatic carboxylic acids is 1. The average molecular weight is 130 g/mol. The van der Waals surface area contributed by atoms with Gasteiger partial charge in [-0.1, -0.05) is 0 Å². The fourth-order valence-electron chi connectivity index (χ4n) is 0.305. The third-order valence-corrected chi connectivity index (χ3v) is 1.22. The van der Waals surface area contributed by atoms with Gasteiger partial charge in [0.25, 0.3) is 0 Å². The number of nitrogens with zero attached hydrogens (tertiary/aromatic N) is 1. The van der Waals surface area contributed by atoms with Crippen LogP contribution in [0.25, 0.3) is 0 Å². The Morgan fingerprint density at radius 2 is 2.75 bits per heavy atom. The zero-order valence-electron chi connectivity index (χ0n) is 3.83. The number of carboxylic acid groups (broad SMARTS) is 1. The first-order valence-electron chi connectivity index (χ1n) is 1.90. The van der Waals surface area contributed by atoms with Crippen LogP contribution in [0.1, 0.15) is 10.5 Å². The molecule has 0 amide bonds. The van der Waals surface area contributed by atoms with Crippen molar-refractivity contribution in [3.8, 4) is 0 Å². The predicted molar refractivity (Wildman–Crippen MR) is 28.1 cm³/mol. The Labute approximate surface area is 46.7 Å². The van der Waals surface area contributed by atoms with Gasteiger partial charge in [0.05, 0.1) is 0 Å². The van der Waals surface area contributed by atoms with Gasteiger partial charge in [0.1, 0.15) is 0 Å². The van der Waals surface area contributed by atoms with Gasteiger partial charge in [0.2, 0.25) is 0 Å². The van der Waals surface area contributed by atoms with Crippen LogP contribution in [0.15, 0.2) is 5.80 Å². The fraction of sp³-hybridized carbons (Fsp3) is 0. The van der Waals surface area contributed by atoms with Gasteiger partial charge in [0, 0.05) is 14.1 Å². The number of nitrogens with one attached hydrogen (secondary N) is 1. The number of H-pyrrole nitrogens is 1.